The van der Waals surface area contributed by atoms with Gasteiger partial charge in [-0.25, -0.2) is 0 Å². The van der Waals surface area contributed by atoms with Crippen LogP contribution in [-0.4, -0.2) is 12.7 Å². The highest BCUT2D eigenvalue weighted by atomic mass is 16.5. The molecule has 82 valence electrons. The van der Waals surface area contributed by atoms with Crippen LogP contribution in [0.2, 0.25) is 0 Å². The van der Waals surface area contributed by atoms with Crippen LogP contribution in [0, 0.1) is 13.8 Å². The van der Waals surface area contributed by atoms with Crippen molar-refractivity contribution >= 4 is 0 Å². The smallest absolute Gasteiger partial charge is 0.165 e. The molecule has 0 atom stereocenters. The fraction of sp³-hybridized carbons (Fsp3) is 0.538. The van der Waals surface area contributed by atoms with Crippen LogP contribution in [0.15, 0.2) is 6.07 Å². The average molecular weight is 206 g/mol. The maximum atomic E-state index is 5.95. The van der Waals surface area contributed by atoms with Crippen molar-refractivity contribution in [3.8, 4) is 11.5 Å². The zero-order valence-electron chi connectivity index (χ0n) is 10.1. The van der Waals surface area contributed by atoms with Crippen LogP contribution in [-0.2, 0) is 6.42 Å². The molecule has 1 aliphatic rings. The fourth-order valence-electron chi connectivity index (χ4n) is 2.29. The first-order chi connectivity index (χ1) is 6.94. The van der Waals surface area contributed by atoms with E-state index in [0.717, 1.165) is 23.5 Å². The molecule has 2 nitrogen and oxygen atoms in total. The Bertz CT molecular complexity index is 405. The van der Waals surface area contributed by atoms with Crippen molar-refractivity contribution in [2.75, 3.05) is 7.11 Å². The third-order valence-electron chi connectivity index (χ3n) is 2.93. The Morgan fingerprint density at radius 3 is 2.53 bits per heavy atom. The summed E-state index contributed by atoms with van der Waals surface area (Å²) in [6, 6.07) is 2.17. The monoisotopic (exact) mass is 206 g/mol. The van der Waals surface area contributed by atoms with Crippen molar-refractivity contribution in [3.63, 3.8) is 0 Å². The van der Waals surface area contributed by atoms with E-state index >= 15 is 0 Å². The van der Waals surface area contributed by atoms with E-state index in [1.165, 1.54) is 11.1 Å². The standard InChI is InChI=1S/C13H18O2/c1-8-6-9(2)11(14-5)12-10(8)7-13(3,4)15-12/h6H,7H2,1-5H3. The lowest BCUT2D eigenvalue weighted by Crippen LogP contribution is -2.24. The van der Waals surface area contributed by atoms with Crippen molar-refractivity contribution in [1.29, 1.82) is 0 Å². The van der Waals surface area contributed by atoms with E-state index in [-0.39, 0.29) is 5.60 Å². The third kappa shape index (κ3) is 1.58. The Morgan fingerprint density at radius 2 is 1.93 bits per heavy atom. The lowest BCUT2D eigenvalue weighted by Gasteiger charge is -2.18. The molecule has 1 aromatic rings. The first kappa shape index (κ1) is 10.3. The van der Waals surface area contributed by atoms with Crippen LogP contribution >= 0.6 is 0 Å². The molecule has 0 spiro atoms. The summed E-state index contributed by atoms with van der Waals surface area (Å²) >= 11 is 0. The second-order valence-electron chi connectivity index (χ2n) is 4.89. The lowest BCUT2D eigenvalue weighted by atomic mass is 9.96. The predicted octanol–water partition coefficient (Wildman–Crippen LogP) is 3.03. The molecule has 15 heavy (non-hydrogen) atoms. The molecule has 2 rings (SSSR count). The quantitative estimate of drug-likeness (QED) is 0.703. The Morgan fingerprint density at radius 1 is 1.27 bits per heavy atom. The number of ether oxygens (including phenoxy) is 2. The molecule has 2 heteroatoms. The van der Waals surface area contributed by atoms with Crippen LogP contribution in [0.1, 0.15) is 30.5 Å². The maximum absolute atomic E-state index is 5.95. The number of benzene rings is 1. The fourth-order valence-corrected chi connectivity index (χ4v) is 2.29. The van der Waals surface area contributed by atoms with Gasteiger partial charge >= 0.3 is 0 Å². The minimum Gasteiger partial charge on any atom is -0.493 e. The molecule has 0 saturated carbocycles. The molecule has 1 aliphatic heterocycles. The van der Waals surface area contributed by atoms with Crippen LogP contribution < -0.4 is 9.47 Å². The molecule has 0 radical (unpaired) electrons. The van der Waals surface area contributed by atoms with Crippen LogP contribution in [0.3, 0.4) is 0 Å². The second-order valence-corrected chi connectivity index (χ2v) is 4.89. The highest BCUT2D eigenvalue weighted by molar-refractivity contribution is 5.57. The summed E-state index contributed by atoms with van der Waals surface area (Å²) in [5.41, 5.74) is 3.64. The minimum absolute atomic E-state index is 0.103. The molecule has 0 amide bonds. The van der Waals surface area contributed by atoms with Gasteiger partial charge in [0.15, 0.2) is 11.5 Å². The summed E-state index contributed by atoms with van der Waals surface area (Å²) in [5.74, 6) is 1.83. The van der Waals surface area contributed by atoms with Crippen molar-refractivity contribution < 1.29 is 9.47 Å². The van der Waals surface area contributed by atoms with E-state index in [1.54, 1.807) is 7.11 Å². The molecular formula is C13H18O2. The van der Waals surface area contributed by atoms with Gasteiger partial charge < -0.3 is 9.47 Å². The number of fused-ring (bicyclic) bond motifs is 1. The van der Waals surface area contributed by atoms with E-state index < -0.39 is 0 Å². The number of rotatable bonds is 1. The Labute approximate surface area is 91.2 Å². The van der Waals surface area contributed by atoms with Gasteiger partial charge in [0.2, 0.25) is 0 Å². The lowest BCUT2D eigenvalue weighted by molar-refractivity contribution is 0.134. The molecule has 1 heterocycles. The summed E-state index contributed by atoms with van der Waals surface area (Å²) in [4.78, 5) is 0. The van der Waals surface area contributed by atoms with E-state index in [0.29, 0.717) is 0 Å². The highest BCUT2D eigenvalue weighted by Crippen LogP contribution is 2.45. The zero-order chi connectivity index (χ0) is 11.2. The minimum atomic E-state index is -0.103. The first-order valence-electron chi connectivity index (χ1n) is 5.31. The summed E-state index contributed by atoms with van der Waals surface area (Å²) in [7, 11) is 1.70. The van der Waals surface area contributed by atoms with E-state index in [4.69, 9.17) is 9.47 Å². The molecular weight excluding hydrogens is 188 g/mol. The Hall–Kier alpha value is -1.18. The normalized spacial score (nSPS) is 17.1. The van der Waals surface area contributed by atoms with E-state index in [1.807, 2.05) is 0 Å². The topological polar surface area (TPSA) is 18.5 Å². The average Bonchev–Trinajstić information content (AvgIpc) is 2.42. The SMILES string of the molecule is COc1c(C)cc(C)c2c1OC(C)(C)C2. The van der Waals surface area contributed by atoms with Crippen LogP contribution in [0.5, 0.6) is 11.5 Å². The summed E-state index contributed by atoms with van der Waals surface area (Å²) < 4.78 is 11.4. The summed E-state index contributed by atoms with van der Waals surface area (Å²) in [6.07, 6.45) is 0.963. The number of hydrogen-bond donors (Lipinski definition) is 0. The maximum Gasteiger partial charge on any atom is 0.165 e. The summed E-state index contributed by atoms with van der Waals surface area (Å²) in [5, 5.41) is 0. The highest BCUT2D eigenvalue weighted by Gasteiger charge is 2.34. The molecule has 0 fully saturated rings. The summed E-state index contributed by atoms with van der Waals surface area (Å²) in [6.45, 7) is 8.42. The van der Waals surface area contributed by atoms with Gasteiger partial charge in [-0.3, -0.25) is 0 Å². The van der Waals surface area contributed by atoms with Crippen molar-refractivity contribution in [2.24, 2.45) is 0 Å². The molecule has 0 aromatic heterocycles. The molecule has 0 saturated heterocycles. The van der Waals surface area contributed by atoms with Gasteiger partial charge in [-0.1, -0.05) is 6.07 Å². The van der Waals surface area contributed by atoms with Crippen molar-refractivity contribution in [2.45, 2.75) is 39.7 Å². The molecule has 0 bridgehead atoms. The van der Waals surface area contributed by atoms with Crippen LogP contribution in [0.4, 0.5) is 0 Å². The number of aryl methyl sites for hydroxylation is 2. The van der Waals surface area contributed by atoms with Gasteiger partial charge in [0.25, 0.3) is 0 Å². The van der Waals surface area contributed by atoms with E-state index in [2.05, 4.69) is 33.8 Å². The van der Waals surface area contributed by atoms with Gasteiger partial charge in [-0.2, -0.15) is 0 Å². The Kier molecular flexibility index (Phi) is 2.18. The van der Waals surface area contributed by atoms with Crippen LogP contribution in [0.25, 0.3) is 0 Å². The largest absolute Gasteiger partial charge is 0.493 e. The van der Waals surface area contributed by atoms with Crippen molar-refractivity contribution in [3.05, 3.63) is 22.8 Å². The molecule has 0 aliphatic carbocycles. The van der Waals surface area contributed by atoms with Gasteiger partial charge in [0, 0.05) is 12.0 Å². The van der Waals surface area contributed by atoms with Gasteiger partial charge in [0.1, 0.15) is 5.60 Å². The van der Waals surface area contributed by atoms with Gasteiger partial charge in [-0.05, 0) is 38.8 Å². The Balaban J connectivity index is 2.61. The molecule has 1 aromatic carbocycles. The first-order valence-corrected chi connectivity index (χ1v) is 5.31. The van der Waals surface area contributed by atoms with E-state index in [9.17, 15) is 0 Å². The number of methoxy groups -OCH3 is 1. The predicted molar refractivity (Wildman–Crippen MR) is 60.9 cm³/mol. The van der Waals surface area contributed by atoms with Crippen molar-refractivity contribution in [1.82, 2.24) is 0 Å². The molecule has 0 N–H and O–H groups in total. The number of hydrogen-bond acceptors (Lipinski definition) is 2. The van der Waals surface area contributed by atoms with Gasteiger partial charge in [0.05, 0.1) is 7.11 Å². The van der Waals surface area contributed by atoms with Gasteiger partial charge in [-0.15, -0.1) is 0 Å². The molecule has 0 unspecified atom stereocenters. The second kappa shape index (κ2) is 3.16. The third-order valence-corrected chi connectivity index (χ3v) is 2.93. The zero-order valence-corrected chi connectivity index (χ0v) is 10.1.